The Morgan fingerprint density at radius 2 is 1.67 bits per heavy atom. The van der Waals surface area contributed by atoms with E-state index in [0.717, 1.165) is 0 Å². The summed E-state index contributed by atoms with van der Waals surface area (Å²) < 4.78 is 10.5. The van der Waals surface area contributed by atoms with Crippen LogP contribution in [0, 0.1) is 20.2 Å². The number of fused-ring (bicyclic) bond motifs is 1. The Morgan fingerprint density at radius 1 is 0.963 bits per heavy atom. The molecule has 1 aliphatic rings. The number of hydrogen-bond donors (Lipinski definition) is 1. The third kappa shape index (κ3) is 3.08. The first-order chi connectivity index (χ1) is 12.9. The van der Waals surface area contributed by atoms with Gasteiger partial charge in [0.05, 0.1) is 35.3 Å². The molecule has 0 spiro atoms. The van der Waals surface area contributed by atoms with Crippen LogP contribution in [-0.4, -0.2) is 31.1 Å². The molecule has 0 saturated carbocycles. The zero-order valence-electron chi connectivity index (χ0n) is 14.8. The van der Waals surface area contributed by atoms with Crippen LogP contribution in [0.1, 0.15) is 11.1 Å². The topological polar surface area (TPSA) is 120 Å². The lowest BCUT2D eigenvalue weighted by molar-refractivity contribution is -0.385. The van der Waals surface area contributed by atoms with Gasteiger partial charge in [-0.05, 0) is 24.3 Å². The molecule has 140 valence electrons. The number of nitro benzene ring substituents is 1. The molecule has 0 unspecified atom stereocenters. The van der Waals surface area contributed by atoms with Crippen LogP contribution in [0.15, 0.2) is 36.4 Å². The molecule has 0 atom stereocenters. The van der Waals surface area contributed by atoms with Crippen LogP contribution in [0.25, 0.3) is 11.4 Å². The van der Waals surface area contributed by atoms with Gasteiger partial charge >= 0.3 is 5.70 Å². The fourth-order valence-electron chi connectivity index (χ4n) is 2.92. The fourth-order valence-corrected chi connectivity index (χ4v) is 2.92. The first-order valence-electron chi connectivity index (χ1n) is 7.77. The molecule has 10 nitrogen and oxygen atoms in total. The summed E-state index contributed by atoms with van der Waals surface area (Å²) in [6.45, 7) is 0. The fraction of sp³-hybridized carbons (Fsp3) is 0.176. The maximum atomic E-state index is 11.8. The Bertz CT molecular complexity index is 972. The van der Waals surface area contributed by atoms with Gasteiger partial charge in [-0.15, -0.1) is 0 Å². The minimum absolute atomic E-state index is 0.153. The molecule has 0 saturated heterocycles. The molecule has 27 heavy (non-hydrogen) atoms. The predicted molar refractivity (Wildman–Crippen MR) is 98.0 cm³/mol. The Hall–Kier alpha value is -3.82. The SMILES string of the molecule is COc1ccc(C2=C([N+](=O)[O-])c3cc([N+](=O)[O-])ccc3N(C)N2)cc1OC. The zero-order valence-corrected chi connectivity index (χ0v) is 14.8. The Balaban J connectivity index is 2.27. The third-order valence-corrected chi connectivity index (χ3v) is 4.18. The van der Waals surface area contributed by atoms with Crippen LogP contribution in [0.4, 0.5) is 11.4 Å². The molecule has 0 bridgehead atoms. The minimum Gasteiger partial charge on any atom is -0.493 e. The van der Waals surface area contributed by atoms with Crippen molar-refractivity contribution in [2.24, 2.45) is 0 Å². The molecule has 10 heteroatoms. The van der Waals surface area contributed by atoms with E-state index in [0.29, 0.717) is 22.7 Å². The van der Waals surface area contributed by atoms with Crippen LogP contribution >= 0.6 is 0 Å². The minimum atomic E-state index is -0.587. The maximum absolute atomic E-state index is 11.8. The van der Waals surface area contributed by atoms with Gasteiger partial charge in [0.2, 0.25) is 0 Å². The number of benzene rings is 2. The van der Waals surface area contributed by atoms with E-state index in [9.17, 15) is 20.2 Å². The lowest BCUT2D eigenvalue weighted by Gasteiger charge is -2.29. The van der Waals surface area contributed by atoms with E-state index in [-0.39, 0.29) is 22.6 Å². The van der Waals surface area contributed by atoms with Gasteiger partial charge in [-0.25, -0.2) is 0 Å². The summed E-state index contributed by atoms with van der Waals surface area (Å²) in [7, 11) is 4.62. The van der Waals surface area contributed by atoms with Crippen LogP contribution in [0.2, 0.25) is 0 Å². The van der Waals surface area contributed by atoms with Gasteiger partial charge in [0.1, 0.15) is 5.70 Å². The Morgan fingerprint density at radius 3 is 2.26 bits per heavy atom. The molecule has 0 aromatic heterocycles. The van der Waals surface area contributed by atoms with Crippen molar-refractivity contribution >= 4 is 22.8 Å². The molecule has 2 aromatic carbocycles. The molecule has 3 rings (SSSR count). The van der Waals surface area contributed by atoms with Crippen molar-refractivity contribution in [1.82, 2.24) is 5.43 Å². The van der Waals surface area contributed by atoms with Crippen LogP contribution in [0.5, 0.6) is 11.5 Å². The highest BCUT2D eigenvalue weighted by molar-refractivity contribution is 5.94. The Labute approximate surface area is 153 Å². The first kappa shape index (κ1) is 18.0. The number of hydrazine groups is 1. The second-order valence-corrected chi connectivity index (χ2v) is 5.68. The standard InChI is InChI=1S/C17H16N4O6/c1-19-13-6-5-11(20(22)23)9-12(13)17(21(24)25)16(18-19)10-4-7-14(26-2)15(8-10)27-3/h4-9,18H,1-3H3. The number of nitrogens with zero attached hydrogens (tertiary/aromatic N) is 3. The largest absolute Gasteiger partial charge is 0.493 e. The number of nitrogens with one attached hydrogen (secondary N) is 1. The first-order valence-corrected chi connectivity index (χ1v) is 7.77. The maximum Gasteiger partial charge on any atom is 0.304 e. The van der Waals surface area contributed by atoms with E-state index in [1.165, 1.54) is 32.4 Å². The van der Waals surface area contributed by atoms with Gasteiger partial charge < -0.3 is 9.47 Å². The van der Waals surface area contributed by atoms with Crippen molar-refractivity contribution in [2.45, 2.75) is 0 Å². The quantitative estimate of drug-likeness (QED) is 0.628. The van der Waals surface area contributed by atoms with E-state index in [4.69, 9.17) is 9.47 Å². The van der Waals surface area contributed by atoms with Gasteiger partial charge in [-0.3, -0.25) is 30.7 Å². The van der Waals surface area contributed by atoms with Gasteiger partial charge in [-0.2, -0.15) is 0 Å². The summed E-state index contributed by atoms with van der Waals surface area (Å²) in [5.41, 5.74) is 3.75. The molecule has 1 aliphatic heterocycles. The molecule has 0 fully saturated rings. The van der Waals surface area contributed by atoms with E-state index in [2.05, 4.69) is 5.43 Å². The average molecular weight is 372 g/mol. The van der Waals surface area contributed by atoms with Crippen molar-refractivity contribution in [3.63, 3.8) is 0 Å². The van der Waals surface area contributed by atoms with E-state index < -0.39 is 9.85 Å². The lowest BCUT2D eigenvalue weighted by atomic mass is 10.0. The molecule has 0 amide bonds. The number of rotatable bonds is 5. The molecular formula is C17H16N4O6. The summed E-state index contributed by atoms with van der Waals surface area (Å²) in [5.74, 6) is 0.879. The lowest BCUT2D eigenvalue weighted by Crippen LogP contribution is -2.38. The number of non-ortho nitro benzene ring substituents is 1. The summed E-state index contributed by atoms with van der Waals surface area (Å²) in [6, 6.07) is 8.84. The molecule has 0 radical (unpaired) electrons. The van der Waals surface area contributed by atoms with Gasteiger partial charge in [0, 0.05) is 24.7 Å². The van der Waals surface area contributed by atoms with Gasteiger partial charge in [0.15, 0.2) is 11.5 Å². The van der Waals surface area contributed by atoms with Crippen LogP contribution in [0.3, 0.4) is 0 Å². The van der Waals surface area contributed by atoms with E-state index in [1.54, 1.807) is 30.3 Å². The highest BCUT2D eigenvalue weighted by atomic mass is 16.6. The van der Waals surface area contributed by atoms with Crippen molar-refractivity contribution in [2.75, 3.05) is 26.3 Å². The number of anilines is 1. The van der Waals surface area contributed by atoms with Crippen molar-refractivity contribution in [1.29, 1.82) is 0 Å². The molecule has 0 aliphatic carbocycles. The molecule has 2 aromatic rings. The van der Waals surface area contributed by atoms with Crippen LogP contribution < -0.4 is 19.9 Å². The van der Waals surface area contributed by atoms with Crippen molar-refractivity contribution in [3.8, 4) is 11.5 Å². The number of hydrogen-bond acceptors (Lipinski definition) is 8. The highest BCUT2D eigenvalue weighted by Gasteiger charge is 2.33. The second-order valence-electron chi connectivity index (χ2n) is 5.68. The molecule has 1 N–H and O–H groups in total. The van der Waals surface area contributed by atoms with Crippen molar-refractivity contribution in [3.05, 3.63) is 67.8 Å². The van der Waals surface area contributed by atoms with Gasteiger partial charge in [-0.1, -0.05) is 0 Å². The van der Waals surface area contributed by atoms with Crippen molar-refractivity contribution < 1.29 is 19.3 Å². The third-order valence-electron chi connectivity index (χ3n) is 4.18. The second kappa shape index (κ2) is 6.83. The number of ether oxygens (including phenoxy) is 2. The summed E-state index contributed by atoms with van der Waals surface area (Å²) in [5, 5.41) is 24.5. The molecule has 1 heterocycles. The van der Waals surface area contributed by atoms with Gasteiger partial charge in [0.25, 0.3) is 5.69 Å². The normalized spacial score (nSPS) is 12.9. The zero-order chi connectivity index (χ0) is 19.7. The monoisotopic (exact) mass is 372 g/mol. The summed E-state index contributed by atoms with van der Waals surface area (Å²) >= 11 is 0. The predicted octanol–water partition coefficient (Wildman–Crippen LogP) is 2.67. The number of nitro groups is 2. The summed E-state index contributed by atoms with van der Waals surface area (Å²) in [6.07, 6.45) is 0. The average Bonchev–Trinajstić information content (AvgIpc) is 2.66. The molecular weight excluding hydrogens is 356 g/mol. The van der Waals surface area contributed by atoms with E-state index in [1.807, 2.05) is 0 Å². The highest BCUT2D eigenvalue weighted by Crippen LogP contribution is 2.39. The summed E-state index contributed by atoms with van der Waals surface area (Å²) in [4.78, 5) is 21.8. The number of methoxy groups -OCH3 is 2. The smallest absolute Gasteiger partial charge is 0.304 e. The van der Waals surface area contributed by atoms with E-state index >= 15 is 0 Å². The Kier molecular flexibility index (Phi) is 4.55. The van der Waals surface area contributed by atoms with Crippen LogP contribution in [-0.2, 0) is 0 Å².